The summed E-state index contributed by atoms with van der Waals surface area (Å²) in [5.74, 6) is 0.234. The number of hydrogen-bond donors (Lipinski definition) is 1. The van der Waals surface area contributed by atoms with Crippen LogP contribution in [0.25, 0.3) is 0 Å². The molecule has 112 valence electrons. The predicted molar refractivity (Wildman–Crippen MR) is 84.7 cm³/mol. The molecule has 22 heavy (non-hydrogen) atoms. The number of benzene rings is 1. The summed E-state index contributed by atoms with van der Waals surface area (Å²) >= 11 is 0. The van der Waals surface area contributed by atoms with Crippen LogP contribution in [0.3, 0.4) is 0 Å². The van der Waals surface area contributed by atoms with E-state index in [1.807, 2.05) is 24.8 Å². The minimum atomic E-state index is -0.305. The van der Waals surface area contributed by atoms with Crippen molar-refractivity contribution in [3.63, 3.8) is 0 Å². The minimum Gasteiger partial charge on any atom is -0.341 e. The number of nitriles is 1. The van der Waals surface area contributed by atoms with E-state index in [4.69, 9.17) is 5.26 Å². The van der Waals surface area contributed by atoms with E-state index < -0.39 is 0 Å². The lowest BCUT2D eigenvalue weighted by atomic mass is 10.2. The van der Waals surface area contributed by atoms with Crippen LogP contribution in [0, 0.1) is 11.3 Å². The molecule has 0 atom stereocenters. The fourth-order valence-electron chi connectivity index (χ4n) is 1.96. The highest BCUT2D eigenvalue weighted by molar-refractivity contribution is 6.02. The topological polar surface area (TPSA) is 81.9 Å². The number of nitrogens with one attached hydrogen (secondary N) is 1. The van der Waals surface area contributed by atoms with Gasteiger partial charge in [0.1, 0.15) is 5.69 Å². The number of carbonyl (C=O) groups is 1. The fraction of sp³-hybridized carbons (Fsp3) is 0.250. The van der Waals surface area contributed by atoms with E-state index in [1.54, 1.807) is 36.5 Å². The molecule has 0 saturated carbocycles. The fourth-order valence-corrected chi connectivity index (χ4v) is 1.96. The first-order chi connectivity index (χ1) is 10.7. The maximum Gasteiger partial charge on any atom is 0.274 e. The lowest BCUT2D eigenvalue weighted by Gasteiger charge is -2.18. The zero-order valence-electron chi connectivity index (χ0n) is 12.6. The highest BCUT2D eigenvalue weighted by atomic mass is 16.1. The monoisotopic (exact) mass is 295 g/mol. The Morgan fingerprint density at radius 2 is 1.91 bits per heavy atom. The molecule has 2 aromatic rings. The van der Waals surface area contributed by atoms with Crippen LogP contribution < -0.4 is 10.2 Å². The Kier molecular flexibility index (Phi) is 5.04. The van der Waals surface area contributed by atoms with Crippen LogP contribution in [-0.2, 0) is 0 Å². The Labute approximate surface area is 129 Å². The van der Waals surface area contributed by atoms with Crippen molar-refractivity contribution in [2.75, 3.05) is 23.3 Å². The summed E-state index contributed by atoms with van der Waals surface area (Å²) in [6, 6.07) is 10.3. The molecule has 1 aromatic heterocycles. The average Bonchev–Trinajstić information content (AvgIpc) is 2.57. The Morgan fingerprint density at radius 1 is 1.23 bits per heavy atom. The first kappa shape index (κ1) is 15.4. The smallest absolute Gasteiger partial charge is 0.274 e. The summed E-state index contributed by atoms with van der Waals surface area (Å²) in [6.45, 7) is 5.57. The van der Waals surface area contributed by atoms with Crippen LogP contribution in [0.5, 0.6) is 0 Å². The van der Waals surface area contributed by atoms with Crippen LogP contribution in [0.4, 0.5) is 11.6 Å². The molecule has 0 aliphatic rings. The molecule has 6 heteroatoms. The first-order valence-corrected chi connectivity index (χ1v) is 7.07. The molecular weight excluding hydrogens is 278 g/mol. The second-order valence-corrected chi connectivity index (χ2v) is 4.56. The molecular formula is C16H17N5O. The Hall–Kier alpha value is -2.94. The molecule has 0 spiro atoms. The Balaban J connectivity index is 2.15. The zero-order chi connectivity index (χ0) is 15.9. The van der Waals surface area contributed by atoms with Gasteiger partial charge in [-0.3, -0.25) is 4.79 Å². The third-order valence-corrected chi connectivity index (χ3v) is 3.19. The lowest BCUT2D eigenvalue weighted by Crippen LogP contribution is -2.25. The summed E-state index contributed by atoms with van der Waals surface area (Å²) in [5.41, 5.74) is 1.47. The highest BCUT2D eigenvalue weighted by Gasteiger charge is 2.11. The molecule has 1 amide bonds. The van der Waals surface area contributed by atoms with Gasteiger partial charge in [-0.1, -0.05) is 0 Å². The molecule has 2 rings (SSSR count). The van der Waals surface area contributed by atoms with Crippen molar-refractivity contribution >= 4 is 17.5 Å². The van der Waals surface area contributed by atoms with Crippen LogP contribution in [-0.4, -0.2) is 29.0 Å². The van der Waals surface area contributed by atoms with Gasteiger partial charge < -0.3 is 10.2 Å². The van der Waals surface area contributed by atoms with Crippen molar-refractivity contribution in [3.8, 4) is 6.07 Å². The van der Waals surface area contributed by atoms with Crippen molar-refractivity contribution in [1.82, 2.24) is 9.97 Å². The summed E-state index contributed by atoms with van der Waals surface area (Å²) < 4.78 is 0. The normalized spacial score (nSPS) is 9.86. The second kappa shape index (κ2) is 7.18. The quantitative estimate of drug-likeness (QED) is 0.916. The van der Waals surface area contributed by atoms with E-state index in [9.17, 15) is 4.79 Å². The molecule has 0 aliphatic carbocycles. The molecule has 6 nitrogen and oxygen atoms in total. The lowest BCUT2D eigenvalue weighted by molar-refractivity contribution is 0.102. The standard InChI is InChI=1S/C16H17N5O/c1-3-21(4-2)16-18-10-9-14(20-16)15(22)19-13-7-5-12(11-17)6-8-13/h5-10H,3-4H2,1-2H3,(H,19,22). The van der Waals surface area contributed by atoms with Gasteiger partial charge >= 0.3 is 0 Å². The molecule has 0 fully saturated rings. The number of aromatic nitrogens is 2. The van der Waals surface area contributed by atoms with Crippen LogP contribution in [0.15, 0.2) is 36.5 Å². The van der Waals surface area contributed by atoms with Gasteiger partial charge in [0, 0.05) is 25.0 Å². The number of anilines is 2. The van der Waals surface area contributed by atoms with Crippen LogP contribution >= 0.6 is 0 Å². The van der Waals surface area contributed by atoms with E-state index in [2.05, 4.69) is 15.3 Å². The van der Waals surface area contributed by atoms with Gasteiger partial charge in [0.2, 0.25) is 5.95 Å². The number of nitrogens with zero attached hydrogens (tertiary/aromatic N) is 4. The van der Waals surface area contributed by atoms with Crippen molar-refractivity contribution in [2.45, 2.75) is 13.8 Å². The summed E-state index contributed by atoms with van der Waals surface area (Å²) in [7, 11) is 0. The van der Waals surface area contributed by atoms with E-state index >= 15 is 0 Å². The Bertz CT molecular complexity index is 686. The second-order valence-electron chi connectivity index (χ2n) is 4.56. The minimum absolute atomic E-state index is 0.305. The summed E-state index contributed by atoms with van der Waals surface area (Å²) in [4.78, 5) is 22.7. The molecule has 0 unspecified atom stereocenters. The largest absolute Gasteiger partial charge is 0.341 e. The molecule has 0 saturated heterocycles. The Morgan fingerprint density at radius 3 is 2.50 bits per heavy atom. The van der Waals surface area contributed by atoms with Gasteiger partial charge in [-0.2, -0.15) is 5.26 Å². The van der Waals surface area contributed by atoms with Crippen LogP contribution in [0.2, 0.25) is 0 Å². The van der Waals surface area contributed by atoms with Crippen molar-refractivity contribution < 1.29 is 4.79 Å². The molecule has 0 radical (unpaired) electrons. The van der Waals surface area contributed by atoms with Crippen LogP contribution in [0.1, 0.15) is 29.9 Å². The van der Waals surface area contributed by atoms with Gasteiger partial charge in [-0.05, 0) is 44.2 Å². The van der Waals surface area contributed by atoms with Gasteiger partial charge in [0.15, 0.2) is 0 Å². The van der Waals surface area contributed by atoms with E-state index in [-0.39, 0.29) is 5.91 Å². The number of carbonyl (C=O) groups excluding carboxylic acids is 1. The molecule has 1 heterocycles. The third kappa shape index (κ3) is 3.58. The molecule has 1 N–H and O–H groups in total. The van der Waals surface area contributed by atoms with E-state index in [1.165, 1.54) is 0 Å². The summed E-state index contributed by atoms with van der Waals surface area (Å²) in [6.07, 6.45) is 1.58. The van der Waals surface area contributed by atoms with E-state index in [0.29, 0.717) is 22.9 Å². The van der Waals surface area contributed by atoms with Gasteiger partial charge in [0.25, 0.3) is 5.91 Å². The van der Waals surface area contributed by atoms with Gasteiger partial charge in [-0.15, -0.1) is 0 Å². The SMILES string of the molecule is CCN(CC)c1nccc(C(=O)Nc2ccc(C#N)cc2)n1. The maximum atomic E-state index is 12.2. The average molecular weight is 295 g/mol. The summed E-state index contributed by atoms with van der Waals surface area (Å²) in [5, 5.41) is 11.5. The highest BCUT2D eigenvalue weighted by Crippen LogP contribution is 2.12. The third-order valence-electron chi connectivity index (χ3n) is 3.19. The number of hydrogen-bond acceptors (Lipinski definition) is 5. The van der Waals surface area contributed by atoms with Crippen molar-refractivity contribution in [1.29, 1.82) is 5.26 Å². The van der Waals surface area contributed by atoms with Crippen molar-refractivity contribution in [2.24, 2.45) is 0 Å². The predicted octanol–water partition coefficient (Wildman–Crippen LogP) is 2.45. The molecule has 0 bridgehead atoms. The first-order valence-electron chi connectivity index (χ1n) is 7.07. The zero-order valence-corrected chi connectivity index (χ0v) is 12.6. The molecule has 1 aromatic carbocycles. The number of amides is 1. The molecule has 0 aliphatic heterocycles. The maximum absolute atomic E-state index is 12.2. The van der Waals surface area contributed by atoms with Crippen molar-refractivity contribution in [3.05, 3.63) is 47.8 Å². The number of rotatable bonds is 5. The van der Waals surface area contributed by atoms with Gasteiger partial charge in [0.05, 0.1) is 11.6 Å². The van der Waals surface area contributed by atoms with E-state index in [0.717, 1.165) is 13.1 Å². The van der Waals surface area contributed by atoms with Gasteiger partial charge in [-0.25, -0.2) is 9.97 Å².